The van der Waals surface area contributed by atoms with Crippen molar-refractivity contribution in [3.8, 4) is 40.2 Å². The molecule has 6 aliphatic heterocycles. The number of ketones is 1. The van der Waals surface area contributed by atoms with Gasteiger partial charge in [-0.3, -0.25) is 15.0 Å². The first-order valence-corrected chi connectivity index (χ1v) is 18.4. The number of fused-ring (bicyclic) bond motifs is 9. The molecule has 3 aromatic rings. The lowest BCUT2D eigenvalue weighted by molar-refractivity contribution is -0.181. The van der Waals surface area contributed by atoms with Crippen LogP contribution >= 0.6 is 11.8 Å². The topological polar surface area (TPSA) is 176 Å². The summed E-state index contributed by atoms with van der Waals surface area (Å²) in [5.41, 5.74) is 1.11. The lowest BCUT2D eigenvalue weighted by atomic mass is 9.55. The first kappa shape index (κ1) is 33.5. The maximum atomic E-state index is 15.0. The number of carbonyl (C=O) groups excluding carboxylic acids is 2. The van der Waals surface area contributed by atoms with Gasteiger partial charge in [-0.05, 0) is 68.1 Å². The Morgan fingerprint density at radius 2 is 1.73 bits per heavy atom. The number of nitrogens with one attached hydrogen (secondary N) is 1. The molecule has 6 heterocycles. The minimum Gasteiger partial charge on any atom is -0.507 e. The van der Waals surface area contributed by atoms with Crippen LogP contribution in [0, 0.1) is 19.8 Å². The fraction of sp³-hybridized carbons (Fsp3) is 0.474. The van der Waals surface area contributed by atoms with E-state index >= 15 is 4.79 Å². The number of carbonyl (C=O) groups is 2. The third kappa shape index (κ3) is 4.06. The largest absolute Gasteiger partial charge is 0.507 e. The molecule has 4 bridgehead atoms. The van der Waals surface area contributed by atoms with Gasteiger partial charge in [0.1, 0.15) is 18.0 Å². The van der Waals surface area contributed by atoms with Crippen LogP contribution in [0.5, 0.6) is 40.2 Å². The Morgan fingerprint density at radius 1 is 0.962 bits per heavy atom. The number of hydrogen-bond acceptors (Lipinski definition) is 14. The Bertz CT molecular complexity index is 2110. The van der Waals surface area contributed by atoms with Crippen molar-refractivity contribution in [3.05, 3.63) is 62.7 Å². The summed E-state index contributed by atoms with van der Waals surface area (Å²) in [5.74, 6) is -2.19. The summed E-state index contributed by atoms with van der Waals surface area (Å²) in [5, 5.41) is 50.7. The van der Waals surface area contributed by atoms with E-state index in [9.17, 15) is 25.2 Å². The molecule has 5 N–H and O–H groups in total. The van der Waals surface area contributed by atoms with Crippen molar-refractivity contribution in [1.82, 2.24) is 10.2 Å². The van der Waals surface area contributed by atoms with Gasteiger partial charge in [-0.1, -0.05) is 6.07 Å². The first-order valence-electron chi connectivity index (χ1n) is 17.4. The minimum atomic E-state index is -2.13. The molecule has 3 aromatic carbocycles. The van der Waals surface area contributed by atoms with Crippen molar-refractivity contribution >= 4 is 23.5 Å². The smallest absolute Gasteiger partial charge is 0.331 e. The maximum absolute atomic E-state index is 15.0. The highest BCUT2D eigenvalue weighted by atomic mass is 32.2. The highest BCUT2D eigenvalue weighted by molar-refractivity contribution is 7.99. The number of methoxy groups -OCH3 is 2. The van der Waals surface area contributed by atoms with Crippen molar-refractivity contribution in [2.45, 2.75) is 61.1 Å². The fourth-order valence-electron chi connectivity index (χ4n) is 10.1. The maximum Gasteiger partial charge on any atom is 0.331 e. The highest BCUT2D eigenvalue weighted by Gasteiger charge is 2.69. The number of phenolic OH excluding ortho intramolecular Hbond substituents is 3. The number of benzene rings is 3. The van der Waals surface area contributed by atoms with E-state index in [0.717, 1.165) is 16.7 Å². The lowest BCUT2D eigenvalue weighted by Gasteiger charge is -2.61. The fourth-order valence-corrected chi connectivity index (χ4v) is 11.8. The third-order valence-electron chi connectivity index (χ3n) is 12.4. The molecule has 0 amide bonds. The molecule has 274 valence electrons. The molecule has 2 saturated heterocycles. The van der Waals surface area contributed by atoms with Gasteiger partial charge in [0.25, 0.3) is 0 Å². The average molecular weight is 733 g/mol. The lowest BCUT2D eigenvalue weighted by Crippen LogP contribution is -2.71. The van der Waals surface area contributed by atoms with Gasteiger partial charge in [-0.15, -0.1) is 0 Å². The van der Waals surface area contributed by atoms with E-state index in [1.807, 2.05) is 24.9 Å². The van der Waals surface area contributed by atoms with Gasteiger partial charge in [-0.25, -0.2) is 4.79 Å². The van der Waals surface area contributed by atoms with Gasteiger partial charge in [0.15, 0.2) is 45.8 Å². The number of likely N-dealkylation sites (N-methyl/N-ethyl adjacent to an activating group) is 1. The van der Waals surface area contributed by atoms with Crippen molar-refractivity contribution in [2.75, 3.05) is 47.0 Å². The van der Waals surface area contributed by atoms with Gasteiger partial charge in [0.05, 0.1) is 26.2 Å². The van der Waals surface area contributed by atoms with Gasteiger partial charge >= 0.3 is 5.97 Å². The minimum absolute atomic E-state index is 0.0468. The predicted octanol–water partition coefficient (Wildman–Crippen LogP) is 3.16. The first-order chi connectivity index (χ1) is 24.9. The zero-order chi connectivity index (χ0) is 36.6. The van der Waals surface area contributed by atoms with Gasteiger partial charge in [-0.2, -0.15) is 11.8 Å². The molecule has 0 radical (unpaired) electrons. The molecule has 7 aliphatic rings. The number of aromatic hydroxyl groups is 3. The summed E-state index contributed by atoms with van der Waals surface area (Å²) < 4.78 is 29.2. The van der Waals surface area contributed by atoms with Gasteiger partial charge in [0, 0.05) is 51.8 Å². The summed E-state index contributed by atoms with van der Waals surface area (Å²) in [6, 6.07) is 3.70. The Morgan fingerprint density at radius 3 is 2.48 bits per heavy atom. The van der Waals surface area contributed by atoms with E-state index in [1.165, 1.54) is 26.0 Å². The normalized spacial score (nSPS) is 31.3. The van der Waals surface area contributed by atoms with Gasteiger partial charge < -0.3 is 44.1 Å². The van der Waals surface area contributed by atoms with E-state index in [4.69, 9.17) is 23.7 Å². The number of Topliss-reactive ketones (excluding diaryl/α,β-unsaturated/α-hetero) is 1. The van der Waals surface area contributed by atoms with Crippen molar-refractivity contribution < 1.29 is 53.7 Å². The second-order valence-electron chi connectivity index (χ2n) is 14.7. The van der Waals surface area contributed by atoms with E-state index in [2.05, 4.69) is 5.32 Å². The van der Waals surface area contributed by atoms with Crippen LogP contribution in [-0.2, 0) is 32.7 Å². The molecule has 0 aromatic heterocycles. The summed E-state index contributed by atoms with van der Waals surface area (Å²) in [7, 11) is 4.75. The summed E-state index contributed by atoms with van der Waals surface area (Å²) >= 11 is 1.31. The van der Waals surface area contributed by atoms with Crippen LogP contribution in [0.4, 0.5) is 0 Å². The van der Waals surface area contributed by atoms with Crippen molar-refractivity contribution in [3.63, 3.8) is 0 Å². The SMILES string of the molecule is COc1cc2c(cc1O)CCN[C@]21CSC2c3c(O)c(C)c4c(c3C(COC1=O)C1(O)C(=O)C3Cc5cc(C)c(OC)c(O)c5C(C21)N3C)OCO4. The zero-order valence-electron chi connectivity index (χ0n) is 29.4. The average Bonchev–Trinajstić information content (AvgIpc) is 3.61. The molecule has 1 spiro atoms. The second-order valence-corrected chi connectivity index (χ2v) is 15.8. The molecule has 14 heteroatoms. The number of aryl methyl sites for hydroxylation is 1. The number of rotatable bonds is 2. The number of piperidine rings is 1. The summed E-state index contributed by atoms with van der Waals surface area (Å²) in [6.07, 6.45) is 0.772. The van der Waals surface area contributed by atoms with Crippen LogP contribution in [0.25, 0.3) is 0 Å². The summed E-state index contributed by atoms with van der Waals surface area (Å²) in [6.45, 7) is 3.42. The van der Waals surface area contributed by atoms with Crippen LogP contribution in [0.3, 0.4) is 0 Å². The molecular weight excluding hydrogens is 692 g/mol. The molecule has 0 saturated carbocycles. The van der Waals surface area contributed by atoms with Crippen LogP contribution < -0.4 is 24.3 Å². The Kier molecular flexibility index (Phi) is 7.28. The highest BCUT2D eigenvalue weighted by Crippen LogP contribution is 2.68. The standard InChI is InChI=1S/C38H40N2O11S/c1-15-8-18-9-21-35(44)38(46)20-12-49-36(45)37(19-11-23(47-4)22(41)10-17(19)6-7-39-37)13-52-34(26-25(20)33-32(50-14-51-33)16(2)29(26)42)27(38)28(40(21)3)24(18)30(43)31(15)48-5/h8,10-11,20-21,27-28,34,39,41-43,46H,6-7,9,12-14H2,1-5H3/t20?,21?,27?,28?,34?,37-,38?/m1/s1. The van der Waals surface area contributed by atoms with Crippen LogP contribution in [0.1, 0.15) is 61.7 Å². The Balaban J connectivity index is 1.32. The Hall–Kier alpha value is -4.37. The van der Waals surface area contributed by atoms with E-state index in [0.29, 0.717) is 58.0 Å². The van der Waals surface area contributed by atoms with E-state index in [1.54, 1.807) is 19.1 Å². The van der Waals surface area contributed by atoms with Crippen LogP contribution in [0.15, 0.2) is 18.2 Å². The number of esters is 1. The van der Waals surface area contributed by atoms with Crippen molar-refractivity contribution in [2.24, 2.45) is 5.92 Å². The number of hydrogen-bond donors (Lipinski definition) is 5. The number of ether oxygens (including phenoxy) is 5. The van der Waals surface area contributed by atoms with Gasteiger partial charge in [0.2, 0.25) is 6.79 Å². The molecule has 6 unspecified atom stereocenters. The molecule has 13 nitrogen and oxygen atoms in total. The van der Waals surface area contributed by atoms with Crippen LogP contribution in [0.2, 0.25) is 0 Å². The molecule has 1 aliphatic carbocycles. The molecule has 7 atom stereocenters. The third-order valence-corrected chi connectivity index (χ3v) is 13.9. The number of thioether (sulfide) groups is 1. The number of aliphatic hydroxyl groups is 1. The number of phenols is 3. The quantitative estimate of drug-likeness (QED) is 0.243. The zero-order valence-corrected chi connectivity index (χ0v) is 30.2. The molecule has 52 heavy (non-hydrogen) atoms. The number of nitrogens with zero attached hydrogens (tertiary/aromatic N) is 1. The molecule has 2 fully saturated rings. The van der Waals surface area contributed by atoms with Crippen LogP contribution in [-0.4, -0.2) is 95.7 Å². The monoisotopic (exact) mass is 732 g/mol. The second kappa shape index (κ2) is 11.3. The predicted molar refractivity (Wildman–Crippen MR) is 187 cm³/mol. The van der Waals surface area contributed by atoms with E-state index in [-0.39, 0.29) is 42.0 Å². The van der Waals surface area contributed by atoms with Crippen molar-refractivity contribution in [1.29, 1.82) is 0 Å². The molecule has 10 rings (SSSR count). The molecular formula is C38H40N2O11S. The Labute approximate surface area is 303 Å². The van der Waals surface area contributed by atoms with E-state index < -0.39 is 58.7 Å². The summed E-state index contributed by atoms with van der Waals surface area (Å²) in [4.78, 5) is 31.5.